The monoisotopic (exact) mass is 364 g/mol. The molecule has 0 heterocycles. The molecular weight excluding hydrogens is 331 g/mol. The fourth-order valence-corrected chi connectivity index (χ4v) is 10.6. The summed E-state index contributed by atoms with van der Waals surface area (Å²) >= 11 is 0. The van der Waals surface area contributed by atoms with Crippen molar-refractivity contribution < 1.29 is 0 Å². The van der Waals surface area contributed by atoms with Gasteiger partial charge in [0.1, 0.15) is 0 Å². The molecule has 1 aromatic rings. The van der Waals surface area contributed by atoms with Crippen LogP contribution in [0.25, 0.3) is 5.57 Å². The van der Waals surface area contributed by atoms with Gasteiger partial charge in [-0.3, -0.25) is 0 Å². The molecule has 0 nitrogen and oxygen atoms in total. The molecule has 0 spiro atoms. The molecule has 138 valence electrons. The molecular formula is C25H33P. The average Bonchev–Trinajstić information content (AvgIpc) is 3.33. The van der Waals surface area contributed by atoms with E-state index in [0.29, 0.717) is 0 Å². The van der Waals surface area contributed by atoms with Crippen molar-refractivity contribution in [2.24, 2.45) is 11.8 Å². The molecule has 0 amide bonds. The van der Waals surface area contributed by atoms with Gasteiger partial charge in [0.15, 0.2) is 0 Å². The van der Waals surface area contributed by atoms with Crippen molar-refractivity contribution >= 4 is 13.5 Å². The zero-order valence-corrected chi connectivity index (χ0v) is 17.0. The average molecular weight is 365 g/mol. The van der Waals surface area contributed by atoms with E-state index in [-0.39, 0.29) is 7.92 Å². The zero-order valence-electron chi connectivity index (χ0n) is 16.1. The van der Waals surface area contributed by atoms with E-state index < -0.39 is 0 Å². The van der Waals surface area contributed by atoms with Gasteiger partial charge in [-0.2, -0.15) is 0 Å². The van der Waals surface area contributed by atoms with Crippen LogP contribution in [0.1, 0.15) is 76.2 Å². The van der Waals surface area contributed by atoms with Crippen LogP contribution in [0.3, 0.4) is 0 Å². The number of allylic oxidation sites excluding steroid dienone is 4. The minimum atomic E-state index is 0.0526. The van der Waals surface area contributed by atoms with Gasteiger partial charge in [-0.05, 0) is 59.9 Å². The summed E-state index contributed by atoms with van der Waals surface area (Å²) in [4.78, 5) is 0. The van der Waals surface area contributed by atoms with Crippen LogP contribution in [0.5, 0.6) is 0 Å². The first kappa shape index (κ1) is 17.2. The summed E-state index contributed by atoms with van der Waals surface area (Å²) in [5, 5.41) is 1.97. The van der Waals surface area contributed by atoms with Crippen LogP contribution < -0.4 is 0 Å². The second-order valence-corrected chi connectivity index (χ2v) is 11.7. The van der Waals surface area contributed by atoms with Gasteiger partial charge < -0.3 is 0 Å². The number of hydrogen-bond acceptors (Lipinski definition) is 0. The largest absolute Gasteiger partial charge is 0.0803 e. The van der Waals surface area contributed by atoms with Crippen LogP contribution in [-0.4, -0.2) is 11.3 Å². The SMILES string of the molecule is C1=CC2CC1C(c1ccccc1)=C2P(C1CCCCC1)C1CCCCC1. The Labute approximate surface area is 160 Å². The summed E-state index contributed by atoms with van der Waals surface area (Å²) in [6.07, 6.45) is 21.6. The molecule has 1 aromatic carbocycles. The lowest BCUT2D eigenvalue weighted by Gasteiger charge is -2.41. The van der Waals surface area contributed by atoms with E-state index in [9.17, 15) is 0 Å². The molecule has 0 aromatic heterocycles. The van der Waals surface area contributed by atoms with Gasteiger partial charge in [0.25, 0.3) is 0 Å². The third kappa shape index (κ3) is 3.13. The van der Waals surface area contributed by atoms with E-state index in [1.807, 2.05) is 5.31 Å². The lowest BCUT2D eigenvalue weighted by Crippen LogP contribution is -2.22. The Balaban J connectivity index is 1.57. The maximum Gasteiger partial charge on any atom is 0.00362 e. The van der Waals surface area contributed by atoms with Crippen LogP contribution in [0.2, 0.25) is 0 Å². The molecule has 5 rings (SSSR count). The Kier molecular flexibility index (Phi) is 5.06. The number of benzene rings is 1. The van der Waals surface area contributed by atoms with Crippen LogP contribution in [-0.2, 0) is 0 Å². The fourth-order valence-electron chi connectivity index (χ4n) is 6.23. The second kappa shape index (κ2) is 7.63. The van der Waals surface area contributed by atoms with Crippen molar-refractivity contribution in [3.05, 3.63) is 53.4 Å². The highest BCUT2D eigenvalue weighted by Crippen LogP contribution is 2.69. The first-order valence-electron chi connectivity index (χ1n) is 11.2. The van der Waals surface area contributed by atoms with Crippen LogP contribution in [0.4, 0.5) is 0 Å². The summed E-state index contributed by atoms with van der Waals surface area (Å²) in [5.41, 5.74) is 5.38. The summed E-state index contributed by atoms with van der Waals surface area (Å²) in [6.45, 7) is 0. The van der Waals surface area contributed by atoms with Crippen LogP contribution >= 0.6 is 7.92 Å². The Morgan fingerprint density at radius 3 is 1.85 bits per heavy atom. The van der Waals surface area contributed by atoms with E-state index in [0.717, 1.165) is 23.2 Å². The summed E-state index contributed by atoms with van der Waals surface area (Å²) in [5.74, 6) is 1.50. The minimum Gasteiger partial charge on any atom is -0.0803 e. The van der Waals surface area contributed by atoms with Gasteiger partial charge in [-0.15, -0.1) is 0 Å². The highest BCUT2D eigenvalue weighted by Gasteiger charge is 2.43. The molecule has 26 heavy (non-hydrogen) atoms. The summed E-state index contributed by atoms with van der Waals surface area (Å²) < 4.78 is 0. The molecule has 1 heteroatoms. The maximum atomic E-state index is 2.59. The van der Waals surface area contributed by atoms with E-state index in [2.05, 4.69) is 42.5 Å². The van der Waals surface area contributed by atoms with Crippen molar-refractivity contribution in [1.82, 2.24) is 0 Å². The van der Waals surface area contributed by atoms with E-state index in [1.165, 1.54) is 70.6 Å². The maximum absolute atomic E-state index is 2.59. The number of fused-ring (bicyclic) bond motifs is 2. The molecule has 0 N–H and O–H groups in total. The molecule has 2 unspecified atom stereocenters. The van der Waals surface area contributed by atoms with Crippen molar-refractivity contribution in [2.45, 2.75) is 81.9 Å². The van der Waals surface area contributed by atoms with E-state index >= 15 is 0 Å². The Morgan fingerprint density at radius 2 is 1.23 bits per heavy atom. The minimum absolute atomic E-state index is 0.0526. The predicted molar refractivity (Wildman–Crippen MR) is 115 cm³/mol. The van der Waals surface area contributed by atoms with Crippen molar-refractivity contribution in [3.63, 3.8) is 0 Å². The highest BCUT2D eigenvalue weighted by atomic mass is 31.1. The second-order valence-electron chi connectivity index (χ2n) is 8.99. The molecule has 2 bridgehead atoms. The Hall–Kier alpha value is -0.870. The number of rotatable bonds is 4. The molecule has 2 saturated carbocycles. The number of hydrogen-bond donors (Lipinski definition) is 0. The molecule has 0 radical (unpaired) electrons. The standard InChI is InChI=1S/C25H33P/c1-4-10-19(11-5-1)24-20-16-17-21(18-20)25(24)26(22-12-6-2-7-13-22)23-14-8-3-9-15-23/h1,4-5,10-11,16-17,20-23H,2-3,6-9,12-15,18H2. The third-order valence-corrected chi connectivity index (χ3v) is 11.1. The van der Waals surface area contributed by atoms with Gasteiger partial charge in [-0.1, -0.05) is 88.9 Å². The topological polar surface area (TPSA) is 0 Å². The normalized spacial score (nSPS) is 29.9. The van der Waals surface area contributed by atoms with Gasteiger partial charge >= 0.3 is 0 Å². The molecule has 0 saturated heterocycles. The van der Waals surface area contributed by atoms with Crippen LogP contribution in [0, 0.1) is 11.8 Å². The predicted octanol–water partition coefficient (Wildman–Crippen LogP) is 7.75. The molecule has 0 aliphatic heterocycles. The molecule has 2 atom stereocenters. The highest BCUT2D eigenvalue weighted by molar-refractivity contribution is 7.63. The molecule has 4 aliphatic carbocycles. The molecule has 4 aliphatic rings. The third-order valence-electron chi connectivity index (χ3n) is 7.38. The van der Waals surface area contributed by atoms with Gasteiger partial charge in [0.2, 0.25) is 0 Å². The van der Waals surface area contributed by atoms with Gasteiger partial charge in [-0.25, -0.2) is 0 Å². The van der Waals surface area contributed by atoms with E-state index in [4.69, 9.17) is 0 Å². The van der Waals surface area contributed by atoms with E-state index in [1.54, 1.807) is 11.1 Å². The van der Waals surface area contributed by atoms with Gasteiger partial charge in [0, 0.05) is 11.8 Å². The Morgan fingerprint density at radius 1 is 0.654 bits per heavy atom. The quantitative estimate of drug-likeness (QED) is 0.378. The fraction of sp³-hybridized carbons (Fsp3) is 0.600. The smallest absolute Gasteiger partial charge is 0.00362 e. The van der Waals surface area contributed by atoms with Gasteiger partial charge in [0.05, 0.1) is 0 Å². The first-order chi connectivity index (χ1) is 12.9. The van der Waals surface area contributed by atoms with Crippen molar-refractivity contribution in [3.8, 4) is 0 Å². The Bertz CT molecular complexity index is 655. The lowest BCUT2D eigenvalue weighted by molar-refractivity contribution is 0.485. The van der Waals surface area contributed by atoms with Crippen LogP contribution in [0.15, 0.2) is 47.8 Å². The summed E-state index contributed by atoms with van der Waals surface area (Å²) in [7, 11) is 0.0526. The molecule has 2 fully saturated rings. The van der Waals surface area contributed by atoms with Crippen molar-refractivity contribution in [1.29, 1.82) is 0 Å². The first-order valence-corrected chi connectivity index (χ1v) is 12.7. The lowest BCUT2D eigenvalue weighted by atomic mass is 9.95. The zero-order chi connectivity index (χ0) is 17.3. The van der Waals surface area contributed by atoms with Crippen molar-refractivity contribution in [2.75, 3.05) is 0 Å². The summed E-state index contributed by atoms with van der Waals surface area (Å²) in [6, 6.07) is 11.5.